The van der Waals surface area contributed by atoms with Gasteiger partial charge in [-0.15, -0.1) is 0 Å². The molecule has 0 radical (unpaired) electrons. The molecule has 1 saturated carbocycles. The Morgan fingerprint density at radius 2 is 1.59 bits per heavy atom. The fraction of sp³-hybridized carbons (Fsp3) is 0.444. The largest absolute Gasteiger partial charge is 0.480 e. The average Bonchev–Trinajstić information content (AvgIpc) is 3.57. The lowest BCUT2D eigenvalue weighted by Gasteiger charge is -2.32. The molecule has 2 N–H and O–H groups in total. The number of hydrogen-bond donors (Lipinski definition) is 2. The second-order valence-electron chi connectivity index (χ2n) is 10.2. The van der Waals surface area contributed by atoms with Crippen LogP contribution in [0.1, 0.15) is 57.1 Å². The fourth-order valence-electron chi connectivity index (χ4n) is 4.60. The van der Waals surface area contributed by atoms with Gasteiger partial charge in [-0.25, -0.2) is 4.79 Å². The van der Waals surface area contributed by atoms with Gasteiger partial charge in [-0.1, -0.05) is 69.3 Å². The molecule has 2 aliphatic carbocycles. The highest BCUT2D eigenvalue weighted by molar-refractivity contribution is 5.83. The van der Waals surface area contributed by atoms with E-state index in [0.29, 0.717) is 0 Å². The summed E-state index contributed by atoms with van der Waals surface area (Å²) >= 11 is 0. The van der Waals surface area contributed by atoms with Crippen molar-refractivity contribution in [2.24, 2.45) is 5.41 Å². The van der Waals surface area contributed by atoms with Crippen LogP contribution in [0.3, 0.4) is 0 Å². The van der Waals surface area contributed by atoms with Gasteiger partial charge in [0.15, 0.2) is 0 Å². The van der Waals surface area contributed by atoms with E-state index in [1.807, 2.05) is 45.0 Å². The molecule has 0 saturated heterocycles. The Hall–Kier alpha value is -3.35. The Bertz CT molecular complexity index is 1040. The minimum absolute atomic E-state index is 0.0151. The Morgan fingerprint density at radius 1 is 1.03 bits per heavy atom. The van der Waals surface area contributed by atoms with Crippen LogP contribution in [-0.2, 0) is 14.3 Å². The number of ether oxygens (including phenoxy) is 1. The predicted molar refractivity (Wildman–Crippen MR) is 128 cm³/mol. The van der Waals surface area contributed by atoms with Crippen LogP contribution < -0.4 is 5.32 Å². The van der Waals surface area contributed by atoms with E-state index in [-0.39, 0.29) is 37.4 Å². The molecule has 2 aromatic carbocycles. The molecule has 1 atom stereocenters. The van der Waals surface area contributed by atoms with E-state index in [1.54, 1.807) is 0 Å². The summed E-state index contributed by atoms with van der Waals surface area (Å²) in [6, 6.07) is 15.8. The first-order valence-corrected chi connectivity index (χ1v) is 11.8. The van der Waals surface area contributed by atoms with Gasteiger partial charge in [0.25, 0.3) is 0 Å². The second kappa shape index (κ2) is 9.49. The first kappa shape index (κ1) is 23.8. The van der Waals surface area contributed by atoms with Crippen molar-refractivity contribution in [3.8, 4) is 11.1 Å². The fourth-order valence-corrected chi connectivity index (χ4v) is 4.60. The highest BCUT2D eigenvalue weighted by Crippen LogP contribution is 2.44. The summed E-state index contributed by atoms with van der Waals surface area (Å²) in [7, 11) is 0. The number of carboxylic acid groups (broad SMARTS) is 1. The van der Waals surface area contributed by atoms with E-state index in [4.69, 9.17) is 4.74 Å². The minimum atomic E-state index is -1.03. The van der Waals surface area contributed by atoms with Gasteiger partial charge in [0.05, 0.1) is 0 Å². The molecule has 0 aromatic heterocycles. The number of carbonyl (C=O) groups is 3. The Labute approximate surface area is 200 Å². The summed E-state index contributed by atoms with van der Waals surface area (Å²) < 4.78 is 5.66. The van der Waals surface area contributed by atoms with Crippen molar-refractivity contribution >= 4 is 18.0 Å². The maximum Gasteiger partial charge on any atom is 0.407 e. The van der Waals surface area contributed by atoms with E-state index >= 15 is 0 Å². The molecule has 0 aliphatic heterocycles. The van der Waals surface area contributed by atoms with Gasteiger partial charge >= 0.3 is 12.1 Å². The van der Waals surface area contributed by atoms with E-state index < -0.39 is 23.5 Å². The molecule has 4 rings (SSSR count). The molecule has 2 aliphatic rings. The van der Waals surface area contributed by atoms with Crippen LogP contribution in [0.15, 0.2) is 48.5 Å². The maximum atomic E-state index is 12.9. The van der Waals surface area contributed by atoms with Crippen molar-refractivity contribution in [1.82, 2.24) is 10.2 Å². The zero-order chi connectivity index (χ0) is 24.5. The number of nitrogens with zero attached hydrogens (tertiary/aromatic N) is 1. The molecule has 180 valence electrons. The number of hydrogen-bond acceptors (Lipinski definition) is 4. The van der Waals surface area contributed by atoms with Crippen molar-refractivity contribution < 1.29 is 24.2 Å². The molecular formula is C27H32N2O5. The normalized spacial score (nSPS) is 15.7. The SMILES string of the molecule is CC(C)(C)C(CC(=O)N(CC(=O)O)C1CC1)NC(=O)OCC1c2ccccc2-c2ccccc21. The number of benzene rings is 2. The van der Waals surface area contributed by atoms with Gasteiger partial charge in [-0.3, -0.25) is 9.59 Å². The van der Waals surface area contributed by atoms with Crippen LogP contribution in [-0.4, -0.2) is 53.2 Å². The second-order valence-corrected chi connectivity index (χ2v) is 10.2. The quantitative estimate of drug-likeness (QED) is 0.604. The lowest BCUT2D eigenvalue weighted by atomic mass is 9.84. The van der Waals surface area contributed by atoms with E-state index in [2.05, 4.69) is 29.6 Å². The number of fused-ring (bicyclic) bond motifs is 3. The smallest absolute Gasteiger partial charge is 0.407 e. The van der Waals surface area contributed by atoms with Crippen LogP contribution in [0.25, 0.3) is 11.1 Å². The summed E-state index contributed by atoms with van der Waals surface area (Å²) in [5.74, 6) is -1.34. The third kappa shape index (κ3) is 5.24. The summed E-state index contributed by atoms with van der Waals surface area (Å²) in [5, 5.41) is 12.0. The molecule has 7 nitrogen and oxygen atoms in total. The number of carboxylic acids is 1. The molecule has 34 heavy (non-hydrogen) atoms. The molecule has 1 fully saturated rings. The molecule has 1 unspecified atom stereocenters. The maximum absolute atomic E-state index is 12.9. The van der Waals surface area contributed by atoms with Crippen molar-refractivity contribution in [2.75, 3.05) is 13.2 Å². The van der Waals surface area contributed by atoms with Gasteiger partial charge in [0.2, 0.25) is 5.91 Å². The Balaban J connectivity index is 1.41. The molecule has 2 amide bonds. The van der Waals surface area contributed by atoms with E-state index in [0.717, 1.165) is 35.1 Å². The average molecular weight is 465 g/mol. The molecule has 2 aromatic rings. The highest BCUT2D eigenvalue weighted by atomic mass is 16.5. The molecule has 0 spiro atoms. The van der Waals surface area contributed by atoms with Gasteiger partial charge in [-0.05, 0) is 40.5 Å². The number of amides is 2. The third-order valence-electron chi connectivity index (χ3n) is 6.67. The number of nitrogens with one attached hydrogen (secondary N) is 1. The first-order chi connectivity index (χ1) is 16.1. The topological polar surface area (TPSA) is 95.9 Å². The van der Waals surface area contributed by atoms with Gasteiger partial charge in [0, 0.05) is 24.4 Å². The van der Waals surface area contributed by atoms with Crippen LogP contribution in [0.2, 0.25) is 0 Å². The zero-order valence-electron chi connectivity index (χ0n) is 19.9. The van der Waals surface area contributed by atoms with Crippen molar-refractivity contribution in [3.63, 3.8) is 0 Å². The molecule has 0 heterocycles. The zero-order valence-corrected chi connectivity index (χ0v) is 19.9. The standard InChI is InChI=1S/C27H32N2O5/c1-27(2,3)23(14-24(30)29(15-25(31)32)17-12-13-17)28-26(33)34-16-22-20-10-6-4-8-18(20)19-9-5-7-11-21(19)22/h4-11,17,22-23H,12-16H2,1-3H3,(H,28,33)(H,31,32). The summed E-state index contributed by atoms with van der Waals surface area (Å²) in [6.45, 7) is 5.69. The lowest BCUT2D eigenvalue weighted by Crippen LogP contribution is -2.48. The minimum Gasteiger partial charge on any atom is -0.480 e. The summed E-state index contributed by atoms with van der Waals surface area (Å²) in [6.07, 6.45) is 1.08. The van der Waals surface area contributed by atoms with Gasteiger partial charge in [-0.2, -0.15) is 0 Å². The number of alkyl carbamates (subject to hydrolysis) is 1. The number of rotatable bonds is 8. The van der Waals surface area contributed by atoms with Crippen LogP contribution in [0.5, 0.6) is 0 Å². The Kier molecular flexibility index (Phi) is 6.64. The van der Waals surface area contributed by atoms with E-state index in [1.165, 1.54) is 4.90 Å². The molecular weight excluding hydrogens is 432 g/mol. The van der Waals surface area contributed by atoms with Crippen molar-refractivity contribution in [3.05, 3.63) is 59.7 Å². The summed E-state index contributed by atoms with van der Waals surface area (Å²) in [4.78, 5) is 38.3. The molecule has 7 heteroatoms. The number of aliphatic carboxylic acids is 1. The first-order valence-electron chi connectivity index (χ1n) is 11.8. The van der Waals surface area contributed by atoms with Gasteiger partial charge < -0.3 is 20.1 Å². The lowest BCUT2D eigenvalue weighted by molar-refractivity contribution is -0.145. The molecule has 0 bridgehead atoms. The third-order valence-corrected chi connectivity index (χ3v) is 6.67. The van der Waals surface area contributed by atoms with Crippen molar-refractivity contribution in [1.29, 1.82) is 0 Å². The van der Waals surface area contributed by atoms with E-state index in [9.17, 15) is 19.5 Å². The predicted octanol–water partition coefficient (Wildman–Crippen LogP) is 4.41. The van der Waals surface area contributed by atoms with Gasteiger partial charge in [0.1, 0.15) is 13.2 Å². The van der Waals surface area contributed by atoms with Crippen LogP contribution >= 0.6 is 0 Å². The van der Waals surface area contributed by atoms with Crippen LogP contribution in [0.4, 0.5) is 4.79 Å². The van der Waals surface area contributed by atoms with Crippen LogP contribution in [0, 0.1) is 5.41 Å². The summed E-state index contributed by atoms with van der Waals surface area (Å²) in [5.41, 5.74) is 4.16. The monoisotopic (exact) mass is 464 g/mol. The Morgan fingerprint density at radius 3 is 2.09 bits per heavy atom. The van der Waals surface area contributed by atoms with Crippen molar-refractivity contribution in [2.45, 2.75) is 58.0 Å². The highest BCUT2D eigenvalue weighted by Gasteiger charge is 2.37. The number of carbonyl (C=O) groups excluding carboxylic acids is 2.